The zero-order valence-electron chi connectivity index (χ0n) is 7.63. The van der Waals surface area contributed by atoms with Crippen molar-refractivity contribution in [2.45, 2.75) is 20.3 Å². The van der Waals surface area contributed by atoms with Gasteiger partial charge in [0.25, 0.3) is 0 Å². The highest BCUT2D eigenvalue weighted by atomic mass is 16.5. The summed E-state index contributed by atoms with van der Waals surface area (Å²) in [5.74, 6) is 0.833. The van der Waals surface area contributed by atoms with Crippen molar-refractivity contribution < 1.29 is 4.74 Å². The predicted octanol–water partition coefficient (Wildman–Crippen LogP) is 2.37. The molecule has 0 aliphatic rings. The Bertz CT molecular complexity index is 238. The highest BCUT2D eigenvalue weighted by Gasteiger charge is 2.01. The number of nitrogen functional groups attached to an aromatic ring is 1. The van der Waals surface area contributed by atoms with Gasteiger partial charge >= 0.3 is 0 Å². The van der Waals surface area contributed by atoms with Crippen molar-refractivity contribution in [1.82, 2.24) is 0 Å². The first-order valence-electron chi connectivity index (χ1n) is 4.23. The van der Waals surface area contributed by atoms with Crippen LogP contribution in [0, 0.1) is 6.92 Å². The van der Waals surface area contributed by atoms with Crippen LogP contribution in [0.1, 0.15) is 18.9 Å². The number of hydrogen-bond acceptors (Lipinski definition) is 2. The number of hydrogen-bond donors (Lipinski definition) is 1. The Morgan fingerprint density at radius 3 is 2.75 bits per heavy atom. The van der Waals surface area contributed by atoms with Gasteiger partial charge in [0, 0.05) is 0 Å². The van der Waals surface area contributed by atoms with Crippen LogP contribution in [0.15, 0.2) is 18.2 Å². The largest absolute Gasteiger partial charge is 0.491 e. The number of nitrogens with two attached hydrogens (primary N) is 1. The van der Waals surface area contributed by atoms with E-state index in [9.17, 15) is 0 Å². The van der Waals surface area contributed by atoms with Crippen molar-refractivity contribution in [3.63, 3.8) is 0 Å². The van der Waals surface area contributed by atoms with Crippen LogP contribution in [0.3, 0.4) is 0 Å². The Morgan fingerprint density at radius 2 is 2.17 bits per heavy atom. The molecule has 1 aromatic carbocycles. The Kier molecular flexibility index (Phi) is 2.97. The van der Waals surface area contributed by atoms with Gasteiger partial charge in [0.1, 0.15) is 5.75 Å². The van der Waals surface area contributed by atoms with E-state index in [0.717, 1.165) is 30.0 Å². The van der Waals surface area contributed by atoms with Crippen molar-refractivity contribution in [2.24, 2.45) is 0 Å². The van der Waals surface area contributed by atoms with E-state index < -0.39 is 0 Å². The van der Waals surface area contributed by atoms with Crippen molar-refractivity contribution in [3.05, 3.63) is 23.8 Å². The van der Waals surface area contributed by atoms with Gasteiger partial charge in [-0.2, -0.15) is 0 Å². The van der Waals surface area contributed by atoms with Crippen molar-refractivity contribution in [2.75, 3.05) is 12.3 Å². The number of rotatable bonds is 3. The lowest BCUT2D eigenvalue weighted by Gasteiger charge is -2.09. The summed E-state index contributed by atoms with van der Waals surface area (Å²) in [6, 6.07) is 5.79. The quantitative estimate of drug-likeness (QED) is 0.698. The summed E-state index contributed by atoms with van der Waals surface area (Å²) in [7, 11) is 0. The van der Waals surface area contributed by atoms with Crippen LogP contribution in [0.5, 0.6) is 5.75 Å². The van der Waals surface area contributed by atoms with Gasteiger partial charge in [-0.1, -0.05) is 19.1 Å². The second-order valence-electron chi connectivity index (χ2n) is 2.84. The van der Waals surface area contributed by atoms with E-state index in [0.29, 0.717) is 0 Å². The molecule has 1 rings (SSSR count). The maximum atomic E-state index is 5.74. The molecule has 0 aliphatic heterocycles. The Hall–Kier alpha value is -1.18. The minimum Gasteiger partial charge on any atom is -0.491 e. The number of ether oxygens (including phenoxy) is 1. The molecular weight excluding hydrogens is 150 g/mol. The lowest BCUT2D eigenvalue weighted by atomic mass is 10.2. The van der Waals surface area contributed by atoms with Gasteiger partial charge in [-0.25, -0.2) is 0 Å². The van der Waals surface area contributed by atoms with Crippen molar-refractivity contribution in [3.8, 4) is 5.75 Å². The van der Waals surface area contributed by atoms with Gasteiger partial charge < -0.3 is 10.5 Å². The summed E-state index contributed by atoms with van der Waals surface area (Å²) in [4.78, 5) is 0. The lowest BCUT2D eigenvalue weighted by Crippen LogP contribution is -2.00. The van der Waals surface area contributed by atoms with E-state index in [1.807, 2.05) is 25.1 Å². The van der Waals surface area contributed by atoms with Gasteiger partial charge in [-0.05, 0) is 25.0 Å². The molecule has 1 aromatic rings. The first kappa shape index (κ1) is 8.91. The average molecular weight is 165 g/mol. The molecule has 0 saturated carbocycles. The Labute approximate surface area is 73.3 Å². The molecule has 0 spiro atoms. The summed E-state index contributed by atoms with van der Waals surface area (Å²) in [5.41, 5.74) is 7.56. The van der Waals surface area contributed by atoms with E-state index in [4.69, 9.17) is 10.5 Å². The van der Waals surface area contributed by atoms with E-state index in [1.165, 1.54) is 0 Å². The van der Waals surface area contributed by atoms with Crippen LogP contribution in [0.4, 0.5) is 5.69 Å². The third kappa shape index (κ3) is 1.91. The fraction of sp³-hybridized carbons (Fsp3) is 0.400. The highest BCUT2D eigenvalue weighted by molar-refractivity contribution is 5.56. The van der Waals surface area contributed by atoms with Crippen LogP contribution in [-0.4, -0.2) is 6.61 Å². The highest BCUT2D eigenvalue weighted by Crippen LogP contribution is 2.25. The van der Waals surface area contributed by atoms with Crippen LogP contribution >= 0.6 is 0 Å². The molecule has 0 bridgehead atoms. The van der Waals surface area contributed by atoms with E-state index in [2.05, 4.69) is 6.92 Å². The average Bonchev–Trinajstić information content (AvgIpc) is 2.04. The number of benzene rings is 1. The summed E-state index contributed by atoms with van der Waals surface area (Å²) in [6.07, 6.45) is 1.01. The summed E-state index contributed by atoms with van der Waals surface area (Å²) in [5, 5.41) is 0. The fourth-order valence-corrected chi connectivity index (χ4v) is 1.08. The Morgan fingerprint density at radius 1 is 1.42 bits per heavy atom. The van der Waals surface area contributed by atoms with Gasteiger partial charge in [-0.15, -0.1) is 0 Å². The molecule has 66 valence electrons. The first-order chi connectivity index (χ1) is 5.75. The normalized spacial score (nSPS) is 9.83. The standard InChI is InChI=1S/C10H15NO/c1-3-7-12-10-8(2)5-4-6-9(10)11/h4-6H,3,7,11H2,1-2H3. The van der Waals surface area contributed by atoms with Crippen LogP contribution in [-0.2, 0) is 0 Å². The minimum atomic E-state index is 0.725. The zero-order chi connectivity index (χ0) is 8.97. The maximum Gasteiger partial charge on any atom is 0.145 e. The third-order valence-electron chi connectivity index (χ3n) is 1.69. The zero-order valence-corrected chi connectivity index (χ0v) is 7.63. The number of anilines is 1. The first-order valence-corrected chi connectivity index (χ1v) is 4.23. The number of para-hydroxylation sites is 1. The predicted molar refractivity (Wildman–Crippen MR) is 51.4 cm³/mol. The third-order valence-corrected chi connectivity index (χ3v) is 1.69. The SMILES string of the molecule is CCCOc1c(C)cccc1N. The molecule has 0 atom stereocenters. The fourth-order valence-electron chi connectivity index (χ4n) is 1.08. The monoisotopic (exact) mass is 165 g/mol. The molecule has 0 amide bonds. The molecule has 0 aliphatic carbocycles. The molecule has 0 fully saturated rings. The van der Waals surface area contributed by atoms with Gasteiger partial charge in [0.05, 0.1) is 12.3 Å². The molecule has 0 aromatic heterocycles. The van der Waals surface area contributed by atoms with Gasteiger partial charge in [0.15, 0.2) is 0 Å². The second-order valence-corrected chi connectivity index (χ2v) is 2.84. The smallest absolute Gasteiger partial charge is 0.145 e. The molecule has 0 heterocycles. The molecule has 2 nitrogen and oxygen atoms in total. The van der Waals surface area contributed by atoms with E-state index >= 15 is 0 Å². The van der Waals surface area contributed by atoms with E-state index in [1.54, 1.807) is 0 Å². The van der Waals surface area contributed by atoms with E-state index in [-0.39, 0.29) is 0 Å². The molecule has 12 heavy (non-hydrogen) atoms. The number of aryl methyl sites for hydroxylation is 1. The Balaban J connectivity index is 2.81. The minimum absolute atomic E-state index is 0.725. The maximum absolute atomic E-state index is 5.74. The van der Waals surface area contributed by atoms with Gasteiger partial charge in [0.2, 0.25) is 0 Å². The van der Waals surface area contributed by atoms with Crippen LogP contribution in [0.2, 0.25) is 0 Å². The summed E-state index contributed by atoms with van der Waals surface area (Å²) < 4.78 is 5.49. The van der Waals surface area contributed by atoms with Crippen LogP contribution < -0.4 is 10.5 Å². The summed E-state index contributed by atoms with van der Waals surface area (Å²) >= 11 is 0. The topological polar surface area (TPSA) is 35.2 Å². The molecule has 0 unspecified atom stereocenters. The van der Waals surface area contributed by atoms with Crippen LogP contribution in [0.25, 0.3) is 0 Å². The lowest BCUT2D eigenvalue weighted by molar-refractivity contribution is 0.317. The molecule has 2 N–H and O–H groups in total. The molecule has 0 saturated heterocycles. The second kappa shape index (κ2) is 4.00. The van der Waals surface area contributed by atoms with Crippen molar-refractivity contribution in [1.29, 1.82) is 0 Å². The van der Waals surface area contributed by atoms with Crippen molar-refractivity contribution >= 4 is 5.69 Å². The van der Waals surface area contributed by atoms with Gasteiger partial charge in [-0.3, -0.25) is 0 Å². The molecular formula is C10H15NO. The summed E-state index contributed by atoms with van der Waals surface area (Å²) in [6.45, 7) is 4.81. The molecule has 0 radical (unpaired) electrons. The molecule has 2 heteroatoms.